The molecule has 0 spiro atoms. The lowest BCUT2D eigenvalue weighted by Crippen LogP contribution is -2.23. The molecule has 0 fully saturated rings. The molecule has 0 aliphatic carbocycles. The van der Waals surface area contributed by atoms with Crippen molar-refractivity contribution in [3.63, 3.8) is 0 Å². The number of nitrogens with one attached hydrogen (secondary N) is 1. The van der Waals surface area contributed by atoms with Crippen LogP contribution in [0.3, 0.4) is 0 Å². The van der Waals surface area contributed by atoms with E-state index < -0.39 is 17.5 Å². The topological polar surface area (TPSA) is 51.1 Å². The number of hydrogen-bond acceptors (Lipinski definition) is 2. The third-order valence-corrected chi connectivity index (χ3v) is 3.67. The van der Waals surface area contributed by atoms with Crippen molar-refractivity contribution in [1.82, 2.24) is 4.57 Å². The van der Waals surface area contributed by atoms with Crippen LogP contribution < -0.4 is 10.9 Å². The van der Waals surface area contributed by atoms with E-state index in [4.69, 9.17) is 0 Å². The quantitative estimate of drug-likeness (QED) is 0.791. The van der Waals surface area contributed by atoms with Crippen molar-refractivity contribution >= 4 is 11.6 Å². The number of para-hydroxylation sites is 1. The average Bonchev–Trinajstić information content (AvgIpc) is 2.60. The molecule has 3 rings (SSSR count). The van der Waals surface area contributed by atoms with Gasteiger partial charge >= 0.3 is 0 Å². The molecule has 0 saturated carbocycles. The zero-order valence-electron chi connectivity index (χ0n) is 13.1. The van der Waals surface area contributed by atoms with Crippen molar-refractivity contribution < 1.29 is 13.6 Å². The first-order valence-electron chi connectivity index (χ1n) is 7.54. The van der Waals surface area contributed by atoms with Gasteiger partial charge in [0.15, 0.2) is 0 Å². The first-order valence-corrected chi connectivity index (χ1v) is 7.54. The monoisotopic (exact) mass is 340 g/mol. The van der Waals surface area contributed by atoms with E-state index in [9.17, 15) is 18.4 Å². The fraction of sp³-hybridized carbons (Fsp3) is 0.0526. The van der Waals surface area contributed by atoms with Crippen LogP contribution in [0.1, 0.15) is 15.9 Å². The van der Waals surface area contributed by atoms with E-state index in [2.05, 4.69) is 5.32 Å². The number of hydrogen-bond donors (Lipinski definition) is 1. The molecule has 0 radical (unpaired) electrons. The van der Waals surface area contributed by atoms with E-state index in [1.807, 2.05) is 0 Å². The van der Waals surface area contributed by atoms with Crippen LogP contribution in [0.25, 0.3) is 0 Å². The Morgan fingerprint density at radius 3 is 2.32 bits per heavy atom. The standard InChI is InChI=1S/C19H14F2N2O2/c20-15-6-2-1-5-13(15)11-23-12-14(9-10-18(23)24)19(25)22-17-8-4-3-7-16(17)21/h1-10,12H,11H2,(H,22,25). The van der Waals surface area contributed by atoms with Gasteiger partial charge in [0.25, 0.3) is 11.5 Å². The molecule has 25 heavy (non-hydrogen) atoms. The summed E-state index contributed by atoms with van der Waals surface area (Å²) in [4.78, 5) is 24.3. The molecule has 0 saturated heterocycles. The summed E-state index contributed by atoms with van der Waals surface area (Å²) in [6.07, 6.45) is 1.32. The van der Waals surface area contributed by atoms with Gasteiger partial charge in [0.2, 0.25) is 0 Å². The maximum Gasteiger partial charge on any atom is 0.257 e. The fourth-order valence-electron chi connectivity index (χ4n) is 2.36. The molecule has 0 aliphatic heterocycles. The summed E-state index contributed by atoms with van der Waals surface area (Å²) in [6.45, 7) is -0.00761. The van der Waals surface area contributed by atoms with Crippen molar-refractivity contribution in [2.45, 2.75) is 6.54 Å². The summed E-state index contributed by atoms with van der Waals surface area (Å²) in [7, 11) is 0. The number of pyridine rings is 1. The van der Waals surface area contributed by atoms with Crippen LogP contribution in [-0.4, -0.2) is 10.5 Å². The summed E-state index contributed by atoms with van der Waals surface area (Å²) in [6, 6.07) is 14.4. The van der Waals surface area contributed by atoms with Gasteiger partial charge in [-0.2, -0.15) is 0 Å². The highest BCUT2D eigenvalue weighted by molar-refractivity contribution is 6.04. The van der Waals surface area contributed by atoms with Crippen molar-refractivity contribution in [1.29, 1.82) is 0 Å². The Morgan fingerprint density at radius 2 is 1.60 bits per heavy atom. The molecule has 0 bridgehead atoms. The highest BCUT2D eigenvalue weighted by Crippen LogP contribution is 2.14. The zero-order chi connectivity index (χ0) is 17.8. The summed E-state index contributed by atoms with van der Waals surface area (Å²) >= 11 is 0. The number of carbonyl (C=O) groups is 1. The van der Waals surface area contributed by atoms with Gasteiger partial charge in [0.05, 0.1) is 17.8 Å². The molecule has 1 N–H and O–H groups in total. The number of amides is 1. The predicted molar refractivity (Wildman–Crippen MR) is 90.6 cm³/mol. The number of anilines is 1. The molecule has 3 aromatic rings. The van der Waals surface area contributed by atoms with Gasteiger partial charge in [0.1, 0.15) is 11.6 Å². The SMILES string of the molecule is O=C(Nc1ccccc1F)c1ccc(=O)n(Cc2ccccc2F)c1. The van der Waals surface area contributed by atoms with E-state index in [0.29, 0.717) is 5.56 Å². The molecular formula is C19H14F2N2O2. The highest BCUT2D eigenvalue weighted by atomic mass is 19.1. The van der Waals surface area contributed by atoms with Gasteiger partial charge < -0.3 is 9.88 Å². The molecule has 4 nitrogen and oxygen atoms in total. The average molecular weight is 340 g/mol. The molecule has 0 unspecified atom stereocenters. The minimum Gasteiger partial charge on any atom is -0.319 e. The molecule has 0 aliphatic rings. The van der Waals surface area contributed by atoms with Gasteiger partial charge in [-0.25, -0.2) is 8.78 Å². The van der Waals surface area contributed by atoms with E-state index >= 15 is 0 Å². The third-order valence-electron chi connectivity index (χ3n) is 3.67. The fourth-order valence-corrected chi connectivity index (χ4v) is 2.36. The first-order chi connectivity index (χ1) is 12.0. The largest absolute Gasteiger partial charge is 0.319 e. The van der Waals surface area contributed by atoms with Crippen molar-refractivity contribution in [2.75, 3.05) is 5.32 Å². The zero-order valence-corrected chi connectivity index (χ0v) is 13.1. The Kier molecular flexibility index (Phi) is 4.70. The van der Waals surface area contributed by atoms with E-state index in [1.165, 1.54) is 47.2 Å². The van der Waals surface area contributed by atoms with E-state index in [0.717, 1.165) is 0 Å². The van der Waals surface area contributed by atoms with Gasteiger partial charge in [-0.05, 0) is 24.3 Å². The Bertz CT molecular complexity index is 983. The van der Waals surface area contributed by atoms with Gasteiger partial charge in [-0.3, -0.25) is 9.59 Å². The van der Waals surface area contributed by atoms with Crippen molar-refractivity contribution in [3.05, 3.63) is 100.0 Å². The maximum atomic E-state index is 13.8. The van der Waals surface area contributed by atoms with Crippen LogP contribution in [0.2, 0.25) is 0 Å². The van der Waals surface area contributed by atoms with Crippen molar-refractivity contribution in [2.24, 2.45) is 0 Å². The molecule has 6 heteroatoms. The number of aromatic nitrogens is 1. The molecule has 126 valence electrons. The van der Waals surface area contributed by atoms with Crippen LogP contribution in [-0.2, 0) is 6.54 Å². The lowest BCUT2D eigenvalue weighted by Gasteiger charge is -2.10. The molecule has 2 aromatic carbocycles. The van der Waals surface area contributed by atoms with Crippen LogP contribution >= 0.6 is 0 Å². The van der Waals surface area contributed by atoms with Crippen LogP contribution in [0.15, 0.2) is 71.7 Å². The molecule has 1 aromatic heterocycles. The second kappa shape index (κ2) is 7.09. The van der Waals surface area contributed by atoms with Gasteiger partial charge in [0, 0.05) is 17.8 Å². The van der Waals surface area contributed by atoms with E-state index in [-0.39, 0.29) is 23.4 Å². The summed E-state index contributed by atoms with van der Waals surface area (Å²) < 4.78 is 28.6. The summed E-state index contributed by atoms with van der Waals surface area (Å²) in [5, 5.41) is 2.45. The minimum absolute atomic E-state index is 0.00761. The number of carbonyl (C=O) groups excluding carboxylic acids is 1. The Hall–Kier alpha value is -3.28. The normalized spacial score (nSPS) is 10.5. The molecule has 0 atom stereocenters. The second-order valence-electron chi connectivity index (χ2n) is 5.41. The lowest BCUT2D eigenvalue weighted by atomic mass is 10.2. The van der Waals surface area contributed by atoms with Gasteiger partial charge in [-0.15, -0.1) is 0 Å². The predicted octanol–water partition coefficient (Wildman–Crippen LogP) is 3.43. The smallest absolute Gasteiger partial charge is 0.257 e. The Balaban J connectivity index is 1.86. The van der Waals surface area contributed by atoms with Crippen molar-refractivity contribution in [3.8, 4) is 0 Å². The summed E-state index contributed by atoms with van der Waals surface area (Å²) in [5.74, 6) is -1.56. The Labute approximate surface area is 142 Å². The Morgan fingerprint density at radius 1 is 0.920 bits per heavy atom. The second-order valence-corrected chi connectivity index (χ2v) is 5.41. The van der Waals surface area contributed by atoms with E-state index in [1.54, 1.807) is 24.3 Å². The number of benzene rings is 2. The first kappa shape index (κ1) is 16.6. The maximum absolute atomic E-state index is 13.8. The molecule has 1 amide bonds. The molecule has 1 heterocycles. The molecular weight excluding hydrogens is 326 g/mol. The lowest BCUT2D eigenvalue weighted by molar-refractivity contribution is 0.102. The number of rotatable bonds is 4. The van der Waals surface area contributed by atoms with Crippen LogP contribution in [0.5, 0.6) is 0 Å². The van der Waals surface area contributed by atoms with Gasteiger partial charge in [-0.1, -0.05) is 30.3 Å². The number of nitrogens with zero attached hydrogens (tertiary/aromatic N) is 1. The summed E-state index contributed by atoms with van der Waals surface area (Å²) in [5.41, 5.74) is 0.167. The third kappa shape index (κ3) is 3.80. The number of halogens is 2. The highest BCUT2D eigenvalue weighted by Gasteiger charge is 2.11. The minimum atomic E-state index is -0.563. The van der Waals surface area contributed by atoms with Crippen LogP contribution in [0.4, 0.5) is 14.5 Å². The van der Waals surface area contributed by atoms with Crippen LogP contribution in [0, 0.1) is 11.6 Å².